The normalized spacial score (nSPS) is 39.8. The molecule has 2 amide bonds. The summed E-state index contributed by atoms with van der Waals surface area (Å²) in [5, 5.41) is 11.3. The molecule has 0 radical (unpaired) electrons. The summed E-state index contributed by atoms with van der Waals surface area (Å²) in [5.74, 6) is 2.60. The van der Waals surface area contributed by atoms with Gasteiger partial charge in [-0.15, -0.1) is 5.10 Å². The minimum atomic E-state index is 0.115. The Hall–Kier alpha value is -1.59. The number of carbonyl (C=O) groups is 1. The first-order chi connectivity index (χ1) is 10.7. The van der Waals surface area contributed by atoms with E-state index in [0.29, 0.717) is 6.04 Å². The number of nitrogens with zero attached hydrogens (tertiary/aromatic N) is 4. The van der Waals surface area contributed by atoms with Gasteiger partial charge in [0.1, 0.15) is 0 Å². The Morgan fingerprint density at radius 2 is 1.73 bits per heavy atom. The van der Waals surface area contributed by atoms with Crippen LogP contribution in [0.3, 0.4) is 0 Å². The Labute approximate surface area is 130 Å². The van der Waals surface area contributed by atoms with Gasteiger partial charge in [-0.2, -0.15) is 0 Å². The maximum absolute atomic E-state index is 12.6. The summed E-state index contributed by atoms with van der Waals surface area (Å²) >= 11 is 0. The summed E-state index contributed by atoms with van der Waals surface area (Å²) in [6, 6.07) is 0.433. The molecule has 1 aliphatic heterocycles. The predicted octanol–water partition coefficient (Wildman–Crippen LogP) is 1.81. The third-order valence-corrected chi connectivity index (χ3v) is 6.37. The fourth-order valence-electron chi connectivity index (χ4n) is 5.77. The molecule has 118 valence electrons. The van der Waals surface area contributed by atoms with Crippen LogP contribution in [-0.4, -0.2) is 44.6 Å². The van der Waals surface area contributed by atoms with Gasteiger partial charge in [-0.3, -0.25) is 0 Å². The van der Waals surface area contributed by atoms with Crippen molar-refractivity contribution >= 4 is 6.03 Å². The zero-order chi connectivity index (χ0) is 14.7. The largest absolute Gasteiger partial charge is 0.333 e. The van der Waals surface area contributed by atoms with Gasteiger partial charge in [0.15, 0.2) is 0 Å². The summed E-state index contributed by atoms with van der Waals surface area (Å²) in [7, 11) is 0. The molecule has 0 atom stereocenters. The average Bonchev–Trinajstić information content (AvgIpc) is 2.88. The highest BCUT2D eigenvalue weighted by Gasteiger charge is 2.52. The molecule has 6 rings (SSSR count). The van der Waals surface area contributed by atoms with E-state index in [1.54, 1.807) is 6.20 Å². The minimum Gasteiger partial charge on any atom is -0.333 e. The van der Waals surface area contributed by atoms with Crippen LogP contribution in [0, 0.1) is 17.8 Å². The van der Waals surface area contributed by atoms with E-state index in [-0.39, 0.29) is 11.6 Å². The second-order valence-electron chi connectivity index (χ2n) is 8.07. The maximum Gasteiger partial charge on any atom is 0.317 e. The van der Waals surface area contributed by atoms with Crippen molar-refractivity contribution in [3.8, 4) is 0 Å². The van der Waals surface area contributed by atoms with Crippen LogP contribution in [0.25, 0.3) is 0 Å². The summed E-state index contributed by atoms with van der Waals surface area (Å²) in [5.41, 5.74) is 0.115. The van der Waals surface area contributed by atoms with E-state index in [1.807, 2.05) is 15.8 Å². The van der Waals surface area contributed by atoms with Crippen LogP contribution in [-0.2, 0) is 0 Å². The molecule has 1 saturated heterocycles. The number of rotatable bonds is 2. The first-order valence-electron chi connectivity index (χ1n) is 8.62. The highest BCUT2D eigenvalue weighted by molar-refractivity contribution is 5.76. The molecule has 6 heteroatoms. The first kappa shape index (κ1) is 12.9. The highest BCUT2D eigenvalue weighted by Crippen LogP contribution is 2.55. The van der Waals surface area contributed by atoms with Gasteiger partial charge in [-0.05, 0) is 56.3 Å². The van der Waals surface area contributed by atoms with Crippen molar-refractivity contribution in [3.63, 3.8) is 0 Å². The number of urea groups is 1. The molecule has 4 aliphatic carbocycles. The summed E-state index contributed by atoms with van der Waals surface area (Å²) in [4.78, 5) is 14.5. The molecular weight excluding hydrogens is 278 g/mol. The number of carbonyl (C=O) groups excluding carboxylic acids is 1. The number of aromatic nitrogens is 3. The van der Waals surface area contributed by atoms with Gasteiger partial charge in [0.05, 0.1) is 12.2 Å². The van der Waals surface area contributed by atoms with Crippen LogP contribution in [0.1, 0.15) is 44.6 Å². The molecule has 0 spiro atoms. The highest BCUT2D eigenvalue weighted by atomic mass is 16.2. The Morgan fingerprint density at radius 1 is 1.09 bits per heavy atom. The smallest absolute Gasteiger partial charge is 0.317 e. The predicted molar refractivity (Wildman–Crippen MR) is 80.1 cm³/mol. The van der Waals surface area contributed by atoms with Crippen LogP contribution in [0.2, 0.25) is 0 Å². The molecular formula is C16H23N5O. The molecule has 5 aliphatic rings. The Bertz CT molecular complexity index is 542. The first-order valence-corrected chi connectivity index (χ1v) is 8.62. The fourth-order valence-corrected chi connectivity index (χ4v) is 5.77. The monoisotopic (exact) mass is 301 g/mol. The van der Waals surface area contributed by atoms with Gasteiger partial charge in [0.2, 0.25) is 0 Å². The second-order valence-corrected chi connectivity index (χ2v) is 8.07. The van der Waals surface area contributed by atoms with E-state index in [0.717, 1.165) is 30.8 Å². The molecule has 2 heterocycles. The Balaban J connectivity index is 1.23. The number of amides is 2. The number of hydrogen-bond acceptors (Lipinski definition) is 3. The Morgan fingerprint density at radius 3 is 2.27 bits per heavy atom. The van der Waals surface area contributed by atoms with Crippen LogP contribution in [0.15, 0.2) is 12.4 Å². The molecule has 0 aromatic carbocycles. The minimum absolute atomic E-state index is 0.115. The Kier molecular flexibility index (Phi) is 2.62. The van der Waals surface area contributed by atoms with Crippen molar-refractivity contribution in [2.24, 2.45) is 17.8 Å². The van der Waals surface area contributed by atoms with E-state index in [1.165, 1.54) is 38.5 Å². The molecule has 5 fully saturated rings. The maximum atomic E-state index is 12.6. The van der Waals surface area contributed by atoms with E-state index < -0.39 is 0 Å². The van der Waals surface area contributed by atoms with Gasteiger partial charge in [0.25, 0.3) is 0 Å². The molecule has 6 nitrogen and oxygen atoms in total. The lowest BCUT2D eigenvalue weighted by atomic mass is 9.53. The quantitative estimate of drug-likeness (QED) is 0.906. The topological polar surface area (TPSA) is 63.1 Å². The van der Waals surface area contributed by atoms with Crippen LogP contribution in [0.4, 0.5) is 4.79 Å². The van der Waals surface area contributed by atoms with E-state index in [2.05, 4.69) is 15.6 Å². The third-order valence-electron chi connectivity index (χ3n) is 6.37. The lowest BCUT2D eigenvalue weighted by Crippen LogP contribution is -2.64. The van der Waals surface area contributed by atoms with Crippen molar-refractivity contribution in [2.45, 2.75) is 50.1 Å². The number of likely N-dealkylation sites (tertiary alicyclic amines) is 1. The van der Waals surface area contributed by atoms with Crippen LogP contribution >= 0.6 is 0 Å². The van der Waals surface area contributed by atoms with E-state index in [9.17, 15) is 4.79 Å². The van der Waals surface area contributed by atoms with Crippen LogP contribution < -0.4 is 5.32 Å². The molecule has 4 saturated carbocycles. The summed E-state index contributed by atoms with van der Waals surface area (Å²) in [6.07, 6.45) is 11.4. The summed E-state index contributed by atoms with van der Waals surface area (Å²) in [6.45, 7) is 1.50. The zero-order valence-electron chi connectivity index (χ0n) is 12.8. The second kappa shape index (κ2) is 4.46. The van der Waals surface area contributed by atoms with Gasteiger partial charge < -0.3 is 10.2 Å². The summed E-state index contributed by atoms with van der Waals surface area (Å²) < 4.78 is 1.86. The van der Waals surface area contributed by atoms with Crippen molar-refractivity contribution in [1.82, 2.24) is 25.2 Å². The van der Waals surface area contributed by atoms with Gasteiger partial charge in [0, 0.05) is 24.8 Å². The van der Waals surface area contributed by atoms with Crippen molar-refractivity contribution in [2.75, 3.05) is 13.1 Å². The number of hydrogen-bond donors (Lipinski definition) is 1. The van der Waals surface area contributed by atoms with Crippen molar-refractivity contribution < 1.29 is 4.79 Å². The number of nitrogens with one attached hydrogen (secondary N) is 1. The molecule has 1 N–H and O–H groups in total. The molecule has 22 heavy (non-hydrogen) atoms. The lowest BCUT2D eigenvalue weighted by Gasteiger charge is -2.57. The standard InChI is InChI=1S/C16H23N5O/c22-15(20-9-14(10-20)21-2-1-17-19-21)18-16-6-11-3-12(7-16)5-13(4-11)8-16/h1-2,11-14H,3-10H2,(H,18,22). The zero-order valence-corrected chi connectivity index (χ0v) is 12.8. The van der Waals surface area contributed by atoms with Crippen LogP contribution in [0.5, 0.6) is 0 Å². The third kappa shape index (κ3) is 1.96. The molecule has 1 aromatic rings. The molecule has 4 bridgehead atoms. The molecule has 1 aromatic heterocycles. The average molecular weight is 301 g/mol. The van der Waals surface area contributed by atoms with E-state index in [4.69, 9.17) is 0 Å². The molecule has 0 unspecified atom stereocenters. The van der Waals surface area contributed by atoms with Crippen molar-refractivity contribution in [1.29, 1.82) is 0 Å². The van der Waals surface area contributed by atoms with Gasteiger partial charge in [-0.1, -0.05) is 5.21 Å². The van der Waals surface area contributed by atoms with Gasteiger partial charge in [-0.25, -0.2) is 9.48 Å². The van der Waals surface area contributed by atoms with E-state index >= 15 is 0 Å². The fraction of sp³-hybridized carbons (Fsp3) is 0.812. The lowest BCUT2D eigenvalue weighted by molar-refractivity contribution is -0.0180. The SMILES string of the molecule is O=C(NC12CC3CC(CC(C3)C1)C2)N1CC(n2ccnn2)C1. The van der Waals surface area contributed by atoms with Crippen molar-refractivity contribution in [3.05, 3.63) is 12.4 Å². The van der Waals surface area contributed by atoms with Gasteiger partial charge >= 0.3 is 6.03 Å².